The van der Waals surface area contributed by atoms with Crippen LogP contribution in [-0.4, -0.2) is 28.8 Å². The van der Waals surface area contributed by atoms with Crippen molar-refractivity contribution in [3.63, 3.8) is 0 Å². The van der Waals surface area contributed by atoms with Gasteiger partial charge in [0.05, 0.1) is 11.9 Å². The lowest BCUT2D eigenvalue weighted by Gasteiger charge is -2.21. The number of aromatic amines is 1. The summed E-state index contributed by atoms with van der Waals surface area (Å²) in [6.45, 7) is 5.14. The Balaban J connectivity index is 2.38. The van der Waals surface area contributed by atoms with Gasteiger partial charge in [-0.3, -0.25) is 0 Å². The molecule has 8 heteroatoms. The van der Waals surface area contributed by atoms with Gasteiger partial charge >= 0.3 is 11.6 Å². The van der Waals surface area contributed by atoms with Crippen molar-refractivity contribution in [3.05, 3.63) is 39.5 Å². The number of halogens is 1. The summed E-state index contributed by atoms with van der Waals surface area (Å²) in [5.41, 5.74) is -1.10. The van der Waals surface area contributed by atoms with E-state index < -0.39 is 17.2 Å². The summed E-state index contributed by atoms with van der Waals surface area (Å²) in [5, 5.41) is 2.77. The molecule has 22 heavy (non-hydrogen) atoms. The van der Waals surface area contributed by atoms with Gasteiger partial charge in [0.2, 0.25) is 0 Å². The van der Waals surface area contributed by atoms with E-state index in [2.05, 4.69) is 10.1 Å². The van der Waals surface area contributed by atoms with E-state index in [4.69, 9.17) is 20.9 Å². The smallest absolute Gasteiger partial charge is 0.374 e. The highest BCUT2D eigenvalue weighted by molar-refractivity contribution is 6.29. The van der Waals surface area contributed by atoms with Gasteiger partial charge in [-0.15, -0.1) is 0 Å². The predicted molar refractivity (Wildman–Crippen MR) is 81.8 cm³/mol. The van der Waals surface area contributed by atoms with Crippen LogP contribution in [0.5, 0.6) is 0 Å². The molecule has 0 unspecified atom stereocenters. The summed E-state index contributed by atoms with van der Waals surface area (Å²) in [4.78, 5) is 29.5. The number of aromatic nitrogens is 2. The number of nitrogens with one attached hydrogen (secondary N) is 1. The largest absolute Gasteiger partial charge is 0.456 e. The molecule has 2 rings (SSSR count). The maximum absolute atomic E-state index is 12.2. The molecule has 0 amide bonds. The van der Waals surface area contributed by atoms with E-state index in [1.807, 2.05) is 0 Å². The van der Waals surface area contributed by atoms with Crippen LogP contribution in [0.25, 0.3) is 0 Å². The second kappa shape index (κ2) is 5.84. The van der Waals surface area contributed by atoms with Crippen LogP contribution in [-0.2, 0) is 4.74 Å². The van der Waals surface area contributed by atoms with E-state index in [-0.39, 0.29) is 11.4 Å². The van der Waals surface area contributed by atoms with Gasteiger partial charge in [-0.1, -0.05) is 11.6 Å². The van der Waals surface area contributed by atoms with Gasteiger partial charge < -0.3 is 14.2 Å². The number of H-pyrrole nitrogens is 1. The lowest BCUT2D eigenvalue weighted by molar-refractivity contribution is 0.00678. The predicted octanol–water partition coefficient (Wildman–Crippen LogP) is 2.74. The monoisotopic (exact) mass is 325 g/mol. The first-order chi connectivity index (χ1) is 10.2. The summed E-state index contributed by atoms with van der Waals surface area (Å²) < 4.78 is 9.95. The molecule has 0 aliphatic heterocycles. The van der Waals surface area contributed by atoms with Crippen LogP contribution in [0.3, 0.4) is 0 Å². The molecule has 0 bridgehead atoms. The van der Waals surface area contributed by atoms with Crippen LogP contribution in [0, 0.1) is 0 Å². The zero-order chi connectivity index (χ0) is 16.5. The van der Waals surface area contributed by atoms with E-state index in [9.17, 15) is 9.59 Å². The topological polar surface area (TPSA) is 88.4 Å². The first-order valence-corrected chi connectivity index (χ1v) is 6.87. The van der Waals surface area contributed by atoms with E-state index in [0.717, 1.165) is 0 Å². The van der Waals surface area contributed by atoms with Crippen molar-refractivity contribution >= 4 is 29.1 Å². The van der Waals surface area contributed by atoms with E-state index in [0.29, 0.717) is 10.8 Å². The quantitative estimate of drug-likeness (QED) is 0.689. The van der Waals surface area contributed by atoms with Crippen molar-refractivity contribution in [2.24, 2.45) is 0 Å². The Hall–Kier alpha value is -2.28. The fourth-order valence-corrected chi connectivity index (χ4v) is 1.85. The van der Waals surface area contributed by atoms with Crippen LogP contribution in [0.4, 0.5) is 11.5 Å². The maximum Gasteiger partial charge on any atom is 0.374 e. The summed E-state index contributed by atoms with van der Waals surface area (Å²) in [7, 11) is 1.65. The van der Waals surface area contributed by atoms with Crippen molar-refractivity contribution in [3.8, 4) is 0 Å². The van der Waals surface area contributed by atoms with Crippen molar-refractivity contribution in [2.75, 3.05) is 11.9 Å². The molecular formula is C14H16ClN3O4. The van der Waals surface area contributed by atoms with Crippen molar-refractivity contribution in [1.82, 2.24) is 10.1 Å². The number of hydrogen-bond acceptors (Lipinski definition) is 6. The number of esters is 1. The molecule has 118 valence electrons. The summed E-state index contributed by atoms with van der Waals surface area (Å²) in [6.07, 6.45) is 1.51. The Morgan fingerprint density at radius 3 is 2.64 bits per heavy atom. The van der Waals surface area contributed by atoms with Crippen LogP contribution in [0.15, 0.2) is 27.6 Å². The van der Waals surface area contributed by atoms with Gasteiger partial charge in [0, 0.05) is 7.05 Å². The van der Waals surface area contributed by atoms with Gasteiger partial charge in [-0.05, 0) is 32.9 Å². The second-order valence-corrected chi connectivity index (χ2v) is 6.00. The SMILES string of the molecule is CN(c1ccc(Cl)nc1)c1[nH]oc(=O)c1C(=O)OC(C)(C)C. The minimum Gasteiger partial charge on any atom is -0.456 e. The Morgan fingerprint density at radius 1 is 1.41 bits per heavy atom. The molecule has 0 aliphatic rings. The van der Waals surface area contributed by atoms with Crippen molar-refractivity contribution in [1.29, 1.82) is 0 Å². The number of carbonyl (C=O) groups is 1. The zero-order valence-corrected chi connectivity index (χ0v) is 13.4. The highest BCUT2D eigenvalue weighted by Gasteiger charge is 2.28. The van der Waals surface area contributed by atoms with Crippen molar-refractivity contribution < 1.29 is 14.1 Å². The molecule has 0 aliphatic carbocycles. The van der Waals surface area contributed by atoms with E-state index >= 15 is 0 Å². The summed E-state index contributed by atoms with van der Waals surface area (Å²) >= 11 is 5.74. The second-order valence-electron chi connectivity index (χ2n) is 5.62. The molecule has 0 fully saturated rings. The molecule has 0 atom stereocenters. The normalized spacial score (nSPS) is 11.3. The molecule has 0 radical (unpaired) electrons. The number of ether oxygens (including phenoxy) is 1. The van der Waals surface area contributed by atoms with Gasteiger partial charge in [-0.2, -0.15) is 0 Å². The van der Waals surface area contributed by atoms with Crippen LogP contribution >= 0.6 is 11.6 Å². The number of nitrogens with zero attached hydrogens (tertiary/aromatic N) is 2. The summed E-state index contributed by atoms with van der Waals surface area (Å²) in [5.74, 6) is -0.574. The molecule has 7 nitrogen and oxygen atoms in total. The van der Waals surface area contributed by atoms with Crippen molar-refractivity contribution in [2.45, 2.75) is 26.4 Å². The summed E-state index contributed by atoms with van der Waals surface area (Å²) in [6, 6.07) is 3.29. The lowest BCUT2D eigenvalue weighted by atomic mass is 10.2. The first kappa shape index (κ1) is 16.1. The highest BCUT2D eigenvalue weighted by Crippen LogP contribution is 2.25. The number of hydrogen-bond donors (Lipinski definition) is 1. The maximum atomic E-state index is 12.2. The molecule has 2 aromatic heterocycles. The van der Waals surface area contributed by atoms with Crippen LogP contribution in [0.1, 0.15) is 31.1 Å². The number of carbonyl (C=O) groups excluding carboxylic acids is 1. The molecule has 1 N–H and O–H groups in total. The zero-order valence-electron chi connectivity index (χ0n) is 12.6. The van der Waals surface area contributed by atoms with Gasteiger partial charge in [-0.25, -0.2) is 19.7 Å². The first-order valence-electron chi connectivity index (χ1n) is 6.49. The molecule has 0 spiro atoms. The minimum atomic E-state index is -0.793. The molecule has 2 aromatic rings. The Labute approximate surface area is 131 Å². The van der Waals surface area contributed by atoms with Gasteiger partial charge in [0.25, 0.3) is 0 Å². The molecular weight excluding hydrogens is 310 g/mol. The average Bonchev–Trinajstić information content (AvgIpc) is 2.79. The molecule has 2 heterocycles. The number of anilines is 2. The van der Waals surface area contributed by atoms with Crippen LogP contribution < -0.4 is 10.5 Å². The third-order valence-corrected chi connectivity index (χ3v) is 2.94. The molecule has 0 aromatic carbocycles. The van der Waals surface area contributed by atoms with Gasteiger partial charge in [0.15, 0.2) is 11.4 Å². The fourth-order valence-electron chi connectivity index (χ4n) is 1.73. The molecule has 0 saturated carbocycles. The van der Waals surface area contributed by atoms with Gasteiger partial charge in [0.1, 0.15) is 10.8 Å². The lowest BCUT2D eigenvalue weighted by Crippen LogP contribution is -2.27. The van der Waals surface area contributed by atoms with E-state index in [1.54, 1.807) is 44.9 Å². The van der Waals surface area contributed by atoms with E-state index in [1.165, 1.54) is 6.20 Å². The Bertz CT molecular complexity index is 728. The number of rotatable bonds is 3. The average molecular weight is 326 g/mol. The molecule has 0 saturated heterocycles. The third kappa shape index (κ3) is 3.48. The number of pyridine rings is 1. The highest BCUT2D eigenvalue weighted by atomic mass is 35.5. The Kier molecular flexibility index (Phi) is 4.27. The minimum absolute atomic E-state index is 0.184. The third-order valence-electron chi connectivity index (χ3n) is 2.72. The fraction of sp³-hybridized carbons (Fsp3) is 0.357. The standard InChI is InChI=1S/C14H16ClN3O4/c1-14(2,3)21-12(19)10-11(17-22-13(10)20)18(4)8-5-6-9(15)16-7-8/h5-7,17H,1-4H3. The Morgan fingerprint density at radius 2 is 2.09 bits per heavy atom. The van der Waals surface area contributed by atoms with Crippen LogP contribution in [0.2, 0.25) is 5.15 Å².